The van der Waals surface area contributed by atoms with Gasteiger partial charge in [0.25, 0.3) is 0 Å². The summed E-state index contributed by atoms with van der Waals surface area (Å²) >= 11 is 1.55. The molecule has 0 spiro atoms. The first-order valence-corrected chi connectivity index (χ1v) is 12.0. The van der Waals surface area contributed by atoms with Crippen LogP contribution in [0.5, 0.6) is 0 Å². The van der Waals surface area contributed by atoms with Crippen molar-refractivity contribution in [2.24, 2.45) is 5.92 Å². The third-order valence-corrected chi connectivity index (χ3v) is 8.93. The van der Waals surface area contributed by atoms with E-state index in [2.05, 4.69) is 0 Å². The lowest BCUT2D eigenvalue weighted by atomic mass is 9.99. The number of thioether (sulfide) groups is 1. The fourth-order valence-electron chi connectivity index (χ4n) is 4.04. The van der Waals surface area contributed by atoms with E-state index in [0.717, 1.165) is 10.5 Å². The van der Waals surface area contributed by atoms with Gasteiger partial charge < -0.3 is 4.74 Å². The fourth-order valence-corrected chi connectivity index (χ4v) is 7.64. The van der Waals surface area contributed by atoms with Gasteiger partial charge in [-0.1, -0.05) is 42.8 Å². The predicted octanol–water partition coefficient (Wildman–Crippen LogP) is 4.12. The van der Waals surface area contributed by atoms with Crippen LogP contribution >= 0.6 is 11.8 Å². The van der Waals surface area contributed by atoms with Crippen LogP contribution in [0.25, 0.3) is 0 Å². The molecule has 5 nitrogen and oxygen atoms in total. The molecule has 0 aliphatic carbocycles. The van der Waals surface area contributed by atoms with Crippen LogP contribution in [0.4, 0.5) is 0 Å². The number of rotatable bonds is 6. The van der Waals surface area contributed by atoms with Gasteiger partial charge in [0.2, 0.25) is 10.0 Å². The van der Waals surface area contributed by atoms with Crippen LogP contribution in [0.2, 0.25) is 0 Å². The summed E-state index contributed by atoms with van der Waals surface area (Å²) in [5.41, 5.74) is 0.996. The highest BCUT2D eigenvalue weighted by Crippen LogP contribution is 2.45. The number of aryl methyl sites for hydroxylation is 1. The van der Waals surface area contributed by atoms with E-state index < -0.39 is 22.0 Å². The molecule has 3 rings (SSSR count). The Morgan fingerprint density at radius 3 is 2.28 bits per heavy atom. The minimum Gasteiger partial charge on any atom is -0.469 e. The molecule has 7 heteroatoms. The van der Waals surface area contributed by atoms with Crippen molar-refractivity contribution in [1.29, 1.82) is 0 Å². The summed E-state index contributed by atoms with van der Waals surface area (Å²) in [6, 6.07) is 15.8. The summed E-state index contributed by atoms with van der Waals surface area (Å²) in [6.45, 7) is 5.69. The second kappa shape index (κ2) is 8.90. The second-order valence-electron chi connectivity index (χ2n) is 7.31. The van der Waals surface area contributed by atoms with E-state index >= 15 is 0 Å². The number of carbonyl (C=O) groups excluding carboxylic acids is 1. The first kappa shape index (κ1) is 21.9. The molecule has 29 heavy (non-hydrogen) atoms. The molecule has 0 saturated carbocycles. The van der Waals surface area contributed by atoms with Crippen molar-refractivity contribution in [1.82, 2.24) is 4.31 Å². The quantitative estimate of drug-likeness (QED) is 0.642. The monoisotopic (exact) mass is 433 g/mol. The van der Waals surface area contributed by atoms with Gasteiger partial charge in [0, 0.05) is 22.2 Å². The summed E-state index contributed by atoms with van der Waals surface area (Å²) in [7, 11) is -2.40. The second-order valence-corrected chi connectivity index (χ2v) is 10.4. The molecule has 0 radical (unpaired) electrons. The number of hydrogen-bond acceptors (Lipinski definition) is 5. The number of methoxy groups -OCH3 is 1. The van der Waals surface area contributed by atoms with Gasteiger partial charge in [0.15, 0.2) is 0 Å². The number of nitrogens with zero attached hydrogens (tertiary/aromatic N) is 1. The van der Waals surface area contributed by atoms with Crippen molar-refractivity contribution >= 4 is 27.8 Å². The third-order valence-electron chi connectivity index (χ3n) is 5.48. The number of hydrogen-bond donors (Lipinski definition) is 0. The van der Waals surface area contributed by atoms with Crippen molar-refractivity contribution in [3.05, 3.63) is 60.2 Å². The maximum Gasteiger partial charge on any atom is 0.311 e. The molecule has 0 amide bonds. The lowest BCUT2D eigenvalue weighted by Gasteiger charge is -2.28. The van der Waals surface area contributed by atoms with Crippen LogP contribution in [0.3, 0.4) is 0 Å². The minimum atomic E-state index is -3.75. The highest BCUT2D eigenvalue weighted by Gasteiger charge is 2.54. The average molecular weight is 434 g/mol. The summed E-state index contributed by atoms with van der Waals surface area (Å²) in [4.78, 5) is 13.9. The first-order valence-electron chi connectivity index (χ1n) is 9.71. The Hall–Kier alpha value is -1.83. The molecule has 1 saturated heterocycles. The maximum atomic E-state index is 13.5. The summed E-state index contributed by atoms with van der Waals surface area (Å²) in [5, 5.41) is -0.231. The molecule has 2 aromatic carbocycles. The molecular weight excluding hydrogens is 406 g/mol. The van der Waals surface area contributed by atoms with Crippen LogP contribution in [-0.2, 0) is 19.6 Å². The van der Waals surface area contributed by atoms with E-state index in [1.165, 1.54) is 11.4 Å². The maximum absolute atomic E-state index is 13.5. The topological polar surface area (TPSA) is 63.7 Å². The van der Waals surface area contributed by atoms with Crippen LogP contribution < -0.4 is 0 Å². The number of sulfonamides is 1. The minimum absolute atomic E-state index is 0.231. The van der Waals surface area contributed by atoms with Gasteiger partial charge in [-0.05, 0) is 44.5 Å². The standard InChI is InChI=1S/C22H27NO4S2/c1-5-19-21(28-17-9-7-6-8-10-17)20(22(24)27-4)16(3)23(19)29(25,26)18-13-11-15(2)12-14-18/h6-14,16,19-21H,5H2,1-4H3/t16-,19+,20-,21+/m1/s1. The number of ether oxygens (including phenoxy) is 1. The van der Waals surface area contributed by atoms with Crippen LogP contribution in [0.15, 0.2) is 64.4 Å². The normalized spacial score (nSPS) is 25.1. The van der Waals surface area contributed by atoms with Gasteiger partial charge in [-0.25, -0.2) is 8.42 Å². The Balaban J connectivity index is 2.05. The summed E-state index contributed by atoms with van der Waals surface area (Å²) in [5.74, 6) is -0.915. The molecule has 1 aliphatic heterocycles. The molecule has 0 bridgehead atoms. The largest absolute Gasteiger partial charge is 0.469 e. The van der Waals surface area contributed by atoms with Gasteiger partial charge in [-0.3, -0.25) is 4.79 Å². The zero-order valence-electron chi connectivity index (χ0n) is 17.1. The molecule has 4 atom stereocenters. The molecule has 0 unspecified atom stereocenters. The van der Waals surface area contributed by atoms with Crippen molar-refractivity contribution in [2.45, 2.75) is 54.3 Å². The van der Waals surface area contributed by atoms with Gasteiger partial charge in [-0.2, -0.15) is 4.31 Å². The molecule has 156 valence electrons. The van der Waals surface area contributed by atoms with Gasteiger partial charge >= 0.3 is 5.97 Å². The van der Waals surface area contributed by atoms with Crippen LogP contribution in [0, 0.1) is 12.8 Å². The van der Waals surface area contributed by atoms with Gasteiger partial charge in [0.1, 0.15) is 0 Å². The number of esters is 1. The SMILES string of the molecule is CC[C@H]1[C@H](Sc2ccccc2)[C@H](C(=O)OC)[C@@H](C)N1S(=O)(=O)c1ccc(C)cc1. The molecule has 2 aromatic rings. The van der Waals surface area contributed by atoms with Gasteiger partial charge in [-0.15, -0.1) is 11.8 Å². The predicted molar refractivity (Wildman–Crippen MR) is 115 cm³/mol. The molecule has 0 N–H and O–H groups in total. The Morgan fingerprint density at radius 1 is 1.10 bits per heavy atom. The van der Waals surface area contributed by atoms with Crippen LogP contribution in [0.1, 0.15) is 25.8 Å². The summed E-state index contributed by atoms with van der Waals surface area (Å²) < 4.78 is 33.7. The van der Waals surface area contributed by atoms with Crippen molar-refractivity contribution in [2.75, 3.05) is 7.11 Å². The molecular formula is C22H27NO4S2. The highest BCUT2D eigenvalue weighted by molar-refractivity contribution is 8.00. The Bertz CT molecular complexity index is 945. The first-order chi connectivity index (χ1) is 13.8. The lowest BCUT2D eigenvalue weighted by Crippen LogP contribution is -2.42. The molecule has 1 aliphatic rings. The van der Waals surface area contributed by atoms with E-state index in [0.29, 0.717) is 6.42 Å². The van der Waals surface area contributed by atoms with E-state index in [4.69, 9.17) is 4.74 Å². The number of benzene rings is 2. The Kier molecular flexibility index (Phi) is 6.71. The Morgan fingerprint density at radius 2 is 1.72 bits per heavy atom. The fraction of sp³-hybridized carbons (Fsp3) is 0.409. The van der Waals surface area contributed by atoms with E-state index in [1.54, 1.807) is 36.0 Å². The zero-order chi connectivity index (χ0) is 21.2. The van der Waals surface area contributed by atoms with Gasteiger partial charge in [0.05, 0.1) is 17.9 Å². The zero-order valence-corrected chi connectivity index (χ0v) is 18.7. The average Bonchev–Trinajstić information content (AvgIpc) is 3.00. The molecule has 0 aromatic heterocycles. The smallest absolute Gasteiger partial charge is 0.311 e. The highest BCUT2D eigenvalue weighted by atomic mass is 32.2. The van der Waals surface area contributed by atoms with Crippen molar-refractivity contribution in [3.63, 3.8) is 0 Å². The van der Waals surface area contributed by atoms with Crippen molar-refractivity contribution in [3.8, 4) is 0 Å². The Labute approximate surface area is 177 Å². The van der Waals surface area contributed by atoms with Crippen LogP contribution in [-0.4, -0.2) is 43.1 Å². The third kappa shape index (κ3) is 4.22. The number of carbonyl (C=O) groups is 1. The lowest BCUT2D eigenvalue weighted by molar-refractivity contribution is -0.145. The van der Waals surface area contributed by atoms with E-state index in [1.807, 2.05) is 51.1 Å². The van der Waals surface area contributed by atoms with E-state index in [-0.39, 0.29) is 22.2 Å². The molecule has 1 fully saturated rings. The van der Waals surface area contributed by atoms with E-state index in [9.17, 15) is 13.2 Å². The summed E-state index contributed by atoms with van der Waals surface area (Å²) in [6.07, 6.45) is 0.605. The van der Waals surface area contributed by atoms with Crippen molar-refractivity contribution < 1.29 is 17.9 Å². The molecule has 1 heterocycles.